The second-order valence-corrected chi connectivity index (χ2v) is 10.2. The zero-order valence-electron chi connectivity index (χ0n) is 19.8. The molecule has 0 bridgehead atoms. The first-order valence-electron chi connectivity index (χ1n) is 10.7. The lowest BCUT2D eigenvalue weighted by Gasteiger charge is -2.22. The molecule has 0 aliphatic heterocycles. The van der Waals surface area contributed by atoms with Crippen molar-refractivity contribution in [3.63, 3.8) is 0 Å². The molecule has 0 unspecified atom stereocenters. The number of hydrogen-bond acceptors (Lipinski definition) is 3. The van der Waals surface area contributed by atoms with Crippen LogP contribution < -0.4 is 0 Å². The normalized spacial score (nSPS) is 11.6. The van der Waals surface area contributed by atoms with Crippen molar-refractivity contribution in [1.82, 2.24) is 0 Å². The summed E-state index contributed by atoms with van der Waals surface area (Å²) in [4.78, 5) is 0. The highest BCUT2D eigenvalue weighted by Gasteiger charge is 2.20. The highest BCUT2D eigenvalue weighted by atomic mass is 16.3. The largest absolute Gasteiger partial charge is 0.508 e. The summed E-state index contributed by atoms with van der Waals surface area (Å²) in [5, 5.41) is 29.1. The van der Waals surface area contributed by atoms with E-state index in [9.17, 15) is 10.2 Å². The van der Waals surface area contributed by atoms with Crippen molar-refractivity contribution < 1.29 is 15.3 Å². The second kappa shape index (κ2) is 9.47. The van der Waals surface area contributed by atoms with Gasteiger partial charge in [0, 0.05) is 0 Å². The molecule has 3 N–H and O–H groups in total. The van der Waals surface area contributed by atoms with Gasteiger partial charge in [-0.15, -0.1) is 0 Å². The SMILES string of the molecule is CC(C)(C)c1cc(Cc2ccc(O)c(C(C)(C)C)c2)ccc1O.Cc1ccccc1O. The monoisotopic (exact) mass is 420 g/mol. The molecule has 166 valence electrons. The summed E-state index contributed by atoms with van der Waals surface area (Å²) in [5.41, 5.74) is 5.00. The molecule has 0 amide bonds. The molecule has 3 nitrogen and oxygen atoms in total. The van der Waals surface area contributed by atoms with Gasteiger partial charge in [0.25, 0.3) is 0 Å². The standard InChI is InChI=1S/C21H28O2.C7H8O/c1-20(2,3)16-12-14(7-9-18(16)22)11-15-8-10-19(23)17(13-15)21(4,5)6;1-6-4-2-3-5-7(6)8/h7-10,12-13,22-23H,11H2,1-6H3;2-5,8H,1H3. The average molecular weight is 421 g/mol. The number of benzene rings is 3. The Morgan fingerprint density at radius 1 is 0.581 bits per heavy atom. The van der Waals surface area contributed by atoms with Gasteiger partial charge in [-0.25, -0.2) is 0 Å². The number of phenols is 3. The third-order valence-electron chi connectivity index (χ3n) is 5.26. The first kappa shape index (κ1) is 24.3. The van der Waals surface area contributed by atoms with Crippen molar-refractivity contribution in [2.24, 2.45) is 0 Å². The molecule has 3 heteroatoms. The molecule has 0 heterocycles. The molecule has 0 radical (unpaired) electrons. The van der Waals surface area contributed by atoms with E-state index in [1.807, 2.05) is 37.3 Å². The van der Waals surface area contributed by atoms with E-state index in [1.165, 1.54) is 11.1 Å². The Morgan fingerprint density at radius 2 is 1.00 bits per heavy atom. The number of rotatable bonds is 2. The van der Waals surface area contributed by atoms with Crippen LogP contribution in [0.1, 0.15) is 69.4 Å². The van der Waals surface area contributed by atoms with Crippen LogP contribution in [0.25, 0.3) is 0 Å². The molecule has 3 aromatic carbocycles. The van der Waals surface area contributed by atoms with Crippen molar-refractivity contribution >= 4 is 0 Å². The van der Waals surface area contributed by atoms with E-state index in [0.717, 1.165) is 23.1 Å². The maximum absolute atomic E-state index is 10.1. The summed E-state index contributed by atoms with van der Waals surface area (Å²) in [5.74, 6) is 1.07. The van der Waals surface area contributed by atoms with E-state index in [1.54, 1.807) is 18.2 Å². The quantitative estimate of drug-likeness (QED) is 0.419. The lowest BCUT2D eigenvalue weighted by Crippen LogP contribution is -2.12. The zero-order chi connectivity index (χ0) is 23.4. The van der Waals surface area contributed by atoms with Crippen LogP contribution in [0.15, 0.2) is 60.7 Å². The molecule has 0 saturated carbocycles. The van der Waals surface area contributed by atoms with Gasteiger partial charge in [0.15, 0.2) is 0 Å². The summed E-state index contributed by atoms with van der Waals surface area (Å²) >= 11 is 0. The van der Waals surface area contributed by atoms with Crippen LogP contribution >= 0.6 is 0 Å². The van der Waals surface area contributed by atoms with Gasteiger partial charge < -0.3 is 15.3 Å². The van der Waals surface area contributed by atoms with Crippen molar-refractivity contribution in [2.75, 3.05) is 0 Å². The fourth-order valence-electron chi connectivity index (χ4n) is 3.39. The summed E-state index contributed by atoms with van der Waals surface area (Å²) < 4.78 is 0. The van der Waals surface area contributed by atoms with Crippen molar-refractivity contribution in [3.05, 3.63) is 88.5 Å². The topological polar surface area (TPSA) is 60.7 Å². The summed E-state index contributed by atoms with van der Waals surface area (Å²) in [7, 11) is 0. The molecule has 0 spiro atoms. The van der Waals surface area contributed by atoms with Gasteiger partial charge in [-0.2, -0.15) is 0 Å². The summed E-state index contributed by atoms with van der Waals surface area (Å²) in [6, 6.07) is 18.9. The Labute approximate surface area is 187 Å². The van der Waals surface area contributed by atoms with Crippen molar-refractivity contribution in [1.29, 1.82) is 0 Å². The maximum atomic E-state index is 10.1. The molecular formula is C28H36O3. The first-order valence-corrected chi connectivity index (χ1v) is 10.7. The van der Waals surface area contributed by atoms with Crippen LogP contribution in [0.4, 0.5) is 0 Å². The predicted octanol–water partition coefficient (Wildman–Crippen LogP) is 6.98. The van der Waals surface area contributed by atoms with Gasteiger partial charge in [0.2, 0.25) is 0 Å². The van der Waals surface area contributed by atoms with Crippen LogP contribution in [-0.2, 0) is 17.3 Å². The molecule has 3 rings (SSSR count). The Morgan fingerprint density at radius 3 is 1.32 bits per heavy atom. The molecule has 0 aliphatic carbocycles. The smallest absolute Gasteiger partial charge is 0.119 e. The minimum Gasteiger partial charge on any atom is -0.508 e. The number of para-hydroxylation sites is 1. The van der Waals surface area contributed by atoms with Crippen LogP contribution in [0.5, 0.6) is 17.2 Å². The van der Waals surface area contributed by atoms with E-state index in [0.29, 0.717) is 17.2 Å². The Hall–Kier alpha value is -2.94. The van der Waals surface area contributed by atoms with Crippen molar-refractivity contribution in [2.45, 2.75) is 65.7 Å². The van der Waals surface area contributed by atoms with Gasteiger partial charge in [-0.1, -0.05) is 84.0 Å². The van der Waals surface area contributed by atoms with Gasteiger partial charge >= 0.3 is 0 Å². The van der Waals surface area contributed by atoms with Gasteiger partial charge in [-0.05, 0) is 70.2 Å². The maximum Gasteiger partial charge on any atom is 0.119 e. The number of aryl methyl sites for hydroxylation is 1. The van der Waals surface area contributed by atoms with E-state index >= 15 is 0 Å². The van der Waals surface area contributed by atoms with Crippen LogP contribution in [0.3, 0.4) is 0 Å². The average Bonchev–Trinajstić information content (AvgIpc) is 2.66. The molecular weight excluding hydrogens is 384 g/mol. The van der Waals surface area contributed by atoms with E-state index in [4.69, 9.17) is 5.11 Å². The fraction of sp³-hybridized carbons (Fsp3) is 0.357. The molecule has 3 aromatic rings. The molecule has 0 fully saturated rings. The second-order valence-electron chi connectivity index (χ2n) is 10.2. The number of aromatic hydroxyl groups is 3. The van der Waals surface area contributed by atoms with E-state index in [2.05, 4.69) is 53.7 Å². The molecule has 0 aromatic heterocycles. The third kappa shape index (κ3) is 6.78. The predicted molar refractivity (Wildman–Crippen MR) is 129 cm³/mol. The highest BCUT2D eigenvalue weighted by Crippen LogP contribution is 2.34. The van der Waals surface area contributed by atoms with E-state index < -0.39 is 0 Å². The summed E-state index contributed by atoms with van der Waals surface area (Å²) in [6.07, 6.45) is 0.784. The number of phenolic OH excluding ortho intramolecular Hbond substituents is 3. The van der Waals surface area contributed by atoms with Crippen LogP contribution in [-0.4, -0.2) is 15.3 Å². The Bertz CT molecular complexity index is 939. The number of hydrogen-bond donors (Lipinski definition) is 3. The highest BCUT2D eigenvalue weighted by molar-refractivity contribution is 5.45. The third-order valence-corrected chi connectivity index (χ3v) is 5.26. The first-order chi connectivity index (χ1) is 14.3. The minimum absolute atomic E-state index is 0.0916. The molecule has 0 saturated heterocycles. The zero-order valence-corrected chi connectivity index (χ0v) is 19.8. The lowest BCUT2D eigenvalue weighted by atomic mass is 9.83. The van der Waals surface area contributed by atoms with Gasteiger partial charge in [0.1, 0.15) is 17.2 Å². The van der Waals surface area contributed by atoms with E-state index in [-0.39, 0.29) is 10.8 Å². The Kier molecular flexibility index (Phi) is 7.43. The minimum atomic E-state index is -0.0916. The summed E-state index contributed by atoms with van der Waals surface area (Å²) in [6.45, 7) is 14.5. The van der Waals surface area contributed by atoms with Crippen molar-refractivity contribution in [3.8, 4) is 17.2 Å². The fourth-order valence-corrected chi connectivity index (χ4v) is 3.39. The van der Waals surface area contributed by atoms with Gasteiger partial charge in [-0.3, -0.25) is 0 Å². The molecule has 0 aliphatic rings. The molecule has 31 heavy (non-hydrogen) atoms. The van der Waals surface area contributed by atoms with Crippen LogP contribution in [0.2, 0.25) is 0 Å². The lowest BCUT2D eigenvalue weighted by molar-refractivity contribution is 0.446. The van der Waals surface area contributed by atoms with Crippen LogP contribution in [0, 0.1) is 6.92 Å². The Balaban J connectivity index is 0.000000357. The molecule has 0 atom stereocenters. The van der Waals surface area contributed by atoms with Gasteiger partial charge in [0.05, 0.1) is 0 Å².